The summed E-state index contributed by atoms with van der Waals surface area (Å²) in [5, 5.41) is 3.90. The third-order valence-corrected chi connectivity index (χ3v) is 14.1. The van der Waals surface area contributed by atoms with E-state index in [1.807, 2.05) is 0 Å². The molecule has 2 aliphatic heterocycles. The topological polar surface area (TPSA) is 35.8 Å². The molecule has 0 radical (unpaired) electrons. The fourth-order valence-electron chi connectivity index (χ4n) is 10.1. The van der Waals surface area contributed by atoms with Crippen molar-refractivity contribution in [1.82, 2.24) is 9.38 Å². The summed E-state index contributed by atoms with van der Waals surface area (Å²) in [5.41, 5.74) is 13.8. The lowest BCUT2D eigenvalue weighted by atomic mass is 9.59. The molecule has 282 valence electrons. The summed E-state index contributed by atoms with van der Waals surface area (Å²) in [6, 6.07) is 29.9. The van der Waals surface area contributed by atoms with E-state index in [1.54, 1.807) is 5.56 Å². The van der Waals surface area contributed by atoms with E-state index in [0.29, 0.717) is 11.8 Å². The zero-order chi connectivity index (χ0) is 37.5. The lowest BCUT2D eigenvalue weighted by Gasteiger charge is -2.45. The Labute approximate surface area is 323 Å². The molecule has 54 heavy (non-hydrogen) atoms. The van der Waals surface area contributed by atoms with Crippen molar-refractivity contribution < 1.29 is 9.47 Å². The molecular weight excluding hydrogens is 661 g/mol. The Morgan fingerprint density at radius 3 is 2.09 bits per heavy atom. The molecule has 0 spiro atoms. The van der Waals surface area contributed by atoms with Crippen molar-refractivity contribution >= 4 is 27.3 Å². The van der Waals surface area contributed by atoms with E-state index in [4.69, 9.17) is 14.5 Å². The van der Waals surface area contributed by atoms with Crippen molar-refractivity contribution in [1.29, 1.82) is 0 Å². The van der Waals surface area contributed by atoms with Crippen LogP contribution in [0.4, 0.5) is 0 Å². The van der Waals surface area contributed by atoms with E-state index in [2.05, 4.69) is 131 Å². The van der Waals surface area contributed by atoms with Crippen LogP contribution in [0.1, 0.15) is 127 Å². The lowest BCUT2D eigenvalue weighted by Crippen LogP contribution is -2.38. The van der Waals surface area contributed by atoms with Crippen LogP contribution in [0.3, 0.4) is 0 Å². The summed E-state index contributed by atoms with van der Waals surface area (Å²) in [5.74, 6) is 0.834. The van der Waals surface area contributed by atoms with Gasteiger partial charge in [-0.3, -0.25) is 4.40 Å². The third-order valence-electron chi connectivity index (χ3n) is 14.1. The highest BCUT2D eigenvalue weighted by Gasteiger charge is 2.41. The highest BCUT2D eigenvalue weighted by Crippen LogP contribution is 2.52. The average Bonchev–Trinajstić information content (AvgIpc) is 3.68. The normalized spacial score (nSPS) is 17.4. The van der Waals surface area contributed by atoms with Crippen LogP contribution in [0, 0.1) is 5.41 Å². The van der Waals surface area contributed by atoms with Crippen molar-refractivity contribution in [3.8, 4) is 22.4 Å². The maximum absolute atomic E-state index is 6.07. The Bertz CT molecular complexity index is 2250. The second-order valence-corrected chi connectivity index (χ2v) is 17.0. The van der Waals surface area contributed by atoms with Gasteiger partial charge in [0.05, 0.1) is 17.4 Å². The van der Waals surface area contributed by atoms with Crippen LogP contribution in [0.5, 0.6) is 0 Å². The van der Waals surface area contributed by atoms with Gasteiger partial charge < -0.3 is 9.47 Å². The highest BCUT2D eigenvalue weighted by atomic mass is 16.5. The minimum absolute atomic E-state index is 0.0402. The Morgan fingerprint density at radius 2 is 1.41 bits per heavy atom. The Balaban J connectivity index is 1.54. The molecule has 6 aromatic rings. The van der Waals surface area contributed by atoms with Crippen LogP contribution in [-0.4, -0.2) is 35.8 Å². The van der Waals surface area contributed by atoms with Crippen molar-refractivity contribution in [2.24, 2.45) is 5.41 Å². The zero-order valence-corrected chi connectivity index (χ0v) is 33.6. The Hall–Kier alpha value is -3.99. The fourth-order valence-corrected chi connectivity index (χ4v) is 10.1. The standard InChI is InChI=1S/C50H60N2O2/c1-7-10-19-39-40(34-17-12-11-13-18-34)32-41(35-24-28-53-29-25-35)47(45(39)36-26-30-54-31-27-36)44-33-51-48-46-38(37-20-14-15-23-43(37)52(44)48)21-16-22-42(46)50(6,9-3)49(4,5)8-2/h11-18,20-23,32-33,35-36H,7-10,19,24-31H2,1-6H3. The number of rotatable bonds is 11. The quantitative estimate of drug-likeness (QED) is 0.125. The number of ether oxygens (including phenoxy) is 2. The number of hydrogen-bond donors (Lipinski definition) is 0. The molecule has 0 saturated carbocycles. The molecule has 2 saturated heterocycles. The van der Waals surface area contributed by atoms with Gasteiger partial charge in [-0.1, -0.05) is 121 Å². The highest BCUT2D eigenvalue weighted by molar-refractivity contribution is 6.14. The van der Waals surface area contributed by atoms with Gasteiger partial charge in [-0.05, 0) is 119 Å². The molecule has 4 aromatic carbocycles. The first-order valence-electron chi connectivity index (χ1n) is 21.0. The first kappa shape index (κ1) is 37.0. The molecule has 0 N–H and O–H groups in total. The maximum atomic E-state index is 6.07. The van der Waals surface area contributed by atoms with Gasteiger partial charge >= 0.3 is 0 Å². The summed E-state index contributed by atoms with van der Waals surface area (Å²) in [6.07, 6.45) is 12.0. The second kappa shape index (κ2) is 15.3. The molecule has 0 bridgehead atoms. The van der Waals surface area contributed by atoms with Crippen LogP contribution in [-0.2, 0) is 21.3 Å². The van der Waals surface area contributed by atoms with Crippen LogP contribution in [0.25, 0.3) is 49.7 Å². The first-order chi connectivity index (χ1) is 26.3. The third kappa shape index (κ3) is 6.18. The molecule has 4 heterocycles. The van der Waals surface area contributed by atoms with E-state index in [1.165, 1.54) is 67.2 Å². The number of pyridine rings is 1. The smallest absolute Gasteiger partial charge is 0.145 e. The van der Waals surface area contributed by atoms with Crippen LogP contribution >= 0.6 is 0 Å². The number of unbranched alkanes of at least 4 members (excludes halogenated alkanes) is 1. The van der Waals surface area contributed by atoms with Crippen LogP contribution in [0.2, 0.25) is 0 Å². The number of fused-ring (bicyclic) bond motifs is 6. The first-order valence-corrected chi connectivity index (χ1v) is 21.0. The molecule has 8 rings (SSSR count). The molecule has 2 aromatic heterocycles. The number of aromatic nitrogens is 2. The minimum atomic E-state index is -0.0402. The van der Waals surface area contributed by atoms with E-state index in [0.717, 1.165) is 83.4 Å². The van der Waals surface area contributed by atoms with Gasteiger partial charge in [0.25, 0.3) is 0 Å². The summed E-state index contributed by atoms with van der Waals surface area (Å²) in [4.78, 5) is 5.55. The van der Waals surface area contributed by atoms with Gasteiger partial charge in [0.1, 0.15) is 5.65 Å². The van der Waals surface area contributed by atoms with Crippen molar-refractivity contribution in [2.75, 3.05) is 26.4 Å². The molecule has 4 nitrogen and oxygen atoms in total. The van der Waals surface area contributed by atoms with Crippen LogP contribution < -0.4 is 0 Å². The molecule has 0 aliphatic carbocycles. The number of imidazole rings is 1. The van der Waals surface area contributed by atoms with Gasteiger partial charge in [0.2, 0.25) is 0 Å². The molecular formula is C50H60N2O2. The maximum Gasteiger partial charge on any atom is 0.145 e. The van der Waals surface area contributed by atoms with Gasteiger partial charge in [0, 0.05) is 42.8 Å². The summed E-state index contributed by atoms with van der Waals surface area (Å²) < 4.78 is 14.7. The number of benzene rings is 4. The number of para-hydroxylation sites is 1. The van der Waals surface area contributed by atoms with Crippen molar-refractivity contribution in [3.05, 3.63) is 107 Å². The van der Waals surface area contributed by atoms with Crippen LogP contribution in [0.15, 0.2) is 85.1 Å². The molecule has 2 fully saturated rings. The number of hydrogen-bond acceptors (Lipinski definition) is 3. The lowest BCUT2D eigenvalue weighted by molar-refractivity contribution is 0.0842. The molecule has 4 heteroatoms. The molecule has 1 atom stereocenters. The van der Waals surface area contributed by atoms with Gasteiger partial charge in [-0.15, -0.1) is 0 Å². The molecule has 1 unspecified atom stereocenters. The van der Waals surface area contributed by atoms with E-state index >= 15 is 0 Å². The SMILES string of the molecule is CCCCc1c(-c2ccccc2)cc(C2CCOCC2)c(-c2cnc3c4c(C(C)(CC)C(C)(C)CC)cccc4c4ccccc4n23)c1C1CCOCC1. The minimum Gasteiger partial charge on any atom is -0.381 e. The largest absolute Gasteiger partial charge is 0.381 e. The monoisotopic (exact) mass is 720 g/mol. The van der Waals surface area contributed by atoms with Gasteiger partial charge in [-0.2, -0.15) is 0 Å². The zero-order valence-electron chi connectivity index (χ0n) is 33.6. The molecule has 0 amide bonds. The van der Waals surface area contributed by atoms with Crippen molar-refractivity contribution in [2.45, 2.75) is 117 Å². The summed E-state index contributed by atoms with van der Waals surface area (Å²) >= 11 is 0. The predicted molar refractivity (Wildman–Crippen MR) is 227 cm³/mol. The second-order valence-electron chi connectivity index (χ2n) is 17.0. The van der Waals surface area contributed by atoms with Gasteiger partial charge in [0.15, 0.2) is 0 Å². The van der Waals surface area contributed by atoms with E-state index in [-0.39, 0.29) is 10.8 Å². The summed E-state index contributed by atoms with van der Waals surface area (Å²) in [6.45, 7) is 17.7. The number of nitrogens with zero attached hydrogens (tertiary/aromatic N) is 2. The van der Waals surface area contributed by atoms with E-state index in [9.17, 15) is 0 Å². The van der Waals surface area contributed by atoms with E-state index < -0.39 is 0 Å². The summed E-state index contributed by atoms with van der Waals surface area (Å²) in [7, 11) is 0. The Morgan fingerprint density at radius 1 is 0.741 bits per heavy atom. The fraction of sp³-hybridized carbons (Fsp3) is 0.460. The van der Waals surface area contributed by atoms with Gasteiger partial charge in [-0.25, -0.2) is 4.98 Å². The Kier molecular flexibility index (Phi) is 10.5. The predicted octanol–water partition coefficient (Wildman–Crippen LogP) is 13.2. The van der Waals surface area contributed by atoms with Crippen molar-refractivity contribution in [3.63, 3.8) is 0 Å². The molecule has 2 aliphatic rings. The average molecular weight is 721 g/mol.